The van der Waals surface area contributed by atoms with Gasteiger partial charge in [0.15, 0.2) is 0 Å². The molecule has 0 fully saturated rings. The van der Waals surface area contributed by atoms with E-state index in [1.54, 1.807) is 12.3 Å². The minimum Gasteiger partial charge on any atom is -0.398 e. The molecule has 90 valence electrons. The molecule has 1 aromatic heterocycles. The van der Waals surface area contributed by atoms with Gasteiger partial charge in [-0.15, -0.1) is 0 Å². The second-order valence-electron chi connectivity index (χ2n) is 4.58. The number of pyridine rings is 1. The van der Waals surface area contributed by atoms with Crippen LogP contribution in [-0.2, 0) is 0 Å². The van der Waals surface area contributed by atoms with Crippen molar-refractivity contribution in [1.82, 2.24) is 4.98 Å². The van der Waals surface area contributed by atoms with Crippen molar-refractivity contribution in [3.8, 4) is 0 Å². The molecule has 1 unspecified atom stereocenters. The maximum absolute atomic E-state index is 9.24. The monoisotopic (exact) mass is 223 g/mol. The number of rotatable bonds is 5. The third-order valence-electron chi connectivity index (χ3n) is 2.47. The number of hydrogen-bond donors (Lipinski definition) is 3. The second-order valence-corrected chi connectivity index (χ2v) is 4.58. The van der Waals surface area contributed by atoms with Crippen molar-refractivity contribution < 1.29 is 5.11 Å². The molecule has 0 aliphatic heterocycles. The Kier molecular flexibility index (Phi) is 4.55. The van der Waals surface area contributed by atoms with Gasteiger partial charge in [0.05, 0.1) is 12.6 Å². The first-order chi connectivity index (χ1) is 7.52. The number of nitrogens with one attached hydrogen (secondary N) is 1. The second kappa shape index (κ2) is 5.70. The molecule has 0 aliphatic carbocycles. The van der Waals surface area contributed by atoms with Crippen LogP contribution in [0.5, 0.6) is 0 Å². The number of aromatic nitrogens is 1. The van der Waals surface area contributed by atoms with Gasteiger partial charge in [-0.25, -0.2) is 4.98 Å². The van der Waals surface area contributed by atoms with E-state index in [2.05, 4.69) is 24.1 Å². The Labute approximate surface area is 96.9 Å². The van der Waals surface area contributed by atoms with E-state index < -0.39 is 0 Å². The number of nitrogen functional groups attached to an aromatic ring is 1. The SMILES string of the molecule is Cc1cnc(NC(CO)CC(C)C)cc1N. The molecule has 0 saturated carbocycles. The fourth-order valence-electron chi connectivity index (χ4n) is 1.58. The van der Waals surface area contributed by atoms with Crippen LogP contribution < -0.4 is 11.1 Å². The molecule has 0 spiro atoms. The molecule has 0 saturated heterocycles. The highest BCUT2D eigenvalue weighted by Crippen LogP contribution is 2.16. The van der Waals surface area contributed by atoms with Crippen molar-refractivity contribution >= 4 is 11.5 Å². The lowest BCUT2D eigenvalue weighted by atomic mass is 10.0. The topological polar surface area (TPSA) is 71.2 Å². The number of nitrogens with two attached hydrogens (primary N) is 1. The molecule has 4 N–H and O–H groups in total. The van der Waals surface area contributed by atoms with Crippen molar-refractivity contribution in [3.05, 3.63) is 17.8 Å². The molecule has 1 aromatic rings. The Balaban J connectivity index is 2.66. The quantitative estimate of drug-likeness (QED) is 0.711. The molecule has 4 nitrogen and oxygen atoms in total. The van der Waals surface area contributed by atoms with E-state index in [9.17, 15) is 5.11 Å². The average molecular weight is 223 g/mol. The maximum Gasteiger partial charge on any atom is 0.128 e. The fourth-order valence-corrected chi connectivity index (χ4v) is 1.58. The largest absolute Gasteiger partial charge is 0.398 e. The minimum atomic E-state index is 0.0367. The Morgan fingerprint density at radius 1 is 1.50 bits per heavy atom. The highest BCUT2D eigenvalue weighted by atomic mass is 16.3. The summed E-state index contributed by atoms with van der Waals surface area (Å²) in [5.74, 6) is 1.26. The number of aliphatic hydroxyl groups is 1. The highest BCUT2D eigenvalue weighted by Gasteiger charge is 2.10. The molecule has 1 rings (SSSR count). The molecule has 0 aromatic carbocycles. The first-order valence-corrected chi connectivity index (χ1v) is 5.62. The Bertz CT molecular complexity index is 339. The Hall–Kier alpha value is -1.29. The molecule has 0 aliphatic rings. The lowest BCUT2D eigenvalue weighted by Crippen LogP contribution is -2.26. The van der Waals surface area contributed by atoms with Gasteiger partial charge in [-0.2, -0.15) is 0 Å². The van der Waals surface area contributed by atoms with Crippen molar-refractivity contribution in [3.63, 3.8) is 0 Å². The van der Waals surface area contributed by atoms with Gasteiger partial charge in [0.2, 0.25) is 0 Å². The van der Waals surface area contributed by atoms with Gasteiger partial charge >= 0.3 is 0 Å². The summed E-state index contributed by atoms with van der Waals surface area (Å²) in [7, 11) is 0. The normalized spacial score (nSPS) is 12.8. The number of aryl methyl sites for hydroxylation is 1. The van der Waals surface area contributed by atoms with E-state index in [0.717, 1.165) is 23.5 Å². The van der Waals surface area contributed by atoms with Crippen molar-refractivity contribution in [2.75, 3.05) is 17.7 Å². The lowest BCUT2D eigenvalue weighted by molar-refractivity contribution is 0.259. The summed E-state index contributed by atoms with van der Waals surface area (Å²) in [6.07, 6.45) is 2.65. The van der Waals surface area contributed by atoms with Gasteiger partial charge in [-0.1, -0.05) is 13.8 Å². The summed E-state index contributed by atoms with van der Waals surface area (Å²) in [6.45, 7) is 6.28. The number of aliphatic hydroxyl groups excluding tert-OH is 1. The van der Waals surface area contributed by atoms with Gasteiger partial charge in [-0.3, -0.25) is 0 Å². The molecule has 4 heteroatoms. The molecular weight excluding hydrogens is 202 g/mol. The lowest BCUT2D eigenvalue weighted by Gasteiger charge is -2.19. The Morgan fingerprint density at radius 2 is 2.19 bits per heavy atom. The zero-order valence-corrected chi connectivity index (χ0v) is 10.2. The smallest absolute Gasteiger partial charge is 0.128 e. The van der Waals surface area contributed by atoms with Crippen LogP contribution in [0.25, 0.3) is 0 Å². The van der Waals surface area contributed by atoms with Crippen LogP contribution in [0, 0.1) is 12.8 Å². The summed E-state index contributed by atoms with van der Waals surface area (Å²) in [6, 6.07) is 1.84. The summed E-state index contributed by atoms with van der Waals surface area (Å²) in [5.41, 5.74) is 7.49. The van der Waals surface area contributed by atoms with E-state index in [1.165, 1.54) is 0 Å². The molecule has 0 bridgehead atoms. The van der Waals surface area contributed by atoms with Crippen LogP contribution in [-0.4, -0.2) is 22.7 Å². The van der Waals surface area contributed by atoms with Crippen LogP contribution in [0.2, 0.25) is 0 Å². The zero-order chi connectivity index (χ0) is 12.1. The average Bonchev–Trinajstić information content (AvgIpc) is 2.22. The maximum atomic E-state index is 9.24. The third kappa shape index (κ3) is 3.70. The predicted molar refractivity (Wildman–Crippen MR) is 67.3 cm³/mol. The van der Waals surface area contributed by atoms with E-state index in [1.807, 2.05) is 6.92 Å². The standard InChI is InChI=1S/C12H21N3O/c1-8(2)4-10(7-16)15-12-5-11(13)9(3)6-14-12/h5-6,8,10,16H,4,7H2,1-3H3,(H3,13,14,15). The van der Waals surface area contributed by atoms with E-state index in [-0.39, 0.29) is 12.6 Å². The fraction of sp³-hybridized carbons (Fsp3) is 0.583. The summed E-state index contributed by atoms with van der Waals surface area (Å²) in [5, 5.41) is 12.4. The predicted octanol–water partition coefficient (Wildman–Crippen LogP) is 1.79. The summed E-state index contributed by atoms with van der Waals surface area (Å²) < 4.78 is 0. The molecule has 0 amide bonds. The van der Waals surface area contributed by atoms with Crippen LogP contribution >= 0.6 is 0 Å². The van der Waals surface area contributed by atoms with E-state index in [0.29, 0.717) is 5.92 Å². The number of nitrogens with zero attached hydrogens (tertiary/aromatic N) is 1. The first kappa shape index (κ1) is 12.8. The molecule has 0 radical (unpaired) electrons. The van der Waals surface area contributed by atoms with E-state index >= 15 is 0 Å². The van der Waals surface area contributed by atoms with Crippen LogP contribution in [0.1, 0.15) is 25.8 Å². The highest BCUT2D eigenvalue weighted by molar-refractivity contribution is 5.53. The van der Waals surface area contributed by atoms with Crippen molar-refractivity contribution in [2.24, 2.45) is 5.92 Å². The zero-order valence-electron chi connectivity index (χ0n) is 10.2. The van der Waals surface area contributed by atoms with Gasteiger partial charge in [-0.05, 0) is 24.8 Å². The van der Waals surface area contributed by atoms with Crippen LogP contribution in [0.3, 0.4) is 0 Å². The van der Waals surface area contributed by atoms with Gasteiger partial charge < -0.3 is 16.2 Å². The van der Waals surface area contributed by atoms with Gasteiger partial charge in [0, 0.05) is 18.0 Å². The molecule has 1 atom stereocenters. The third-order valence-corrected chi connectivity index (χ3v) is 2.47. The number of anilines is 2. The molecular formula is C12H21N3O. The van der Waals surface area contributed by atoms with Crippen molar-refractivity contribution in [2.45, 2.75) is 33.2 Å². The molecule has 16 heavy (non-hydrogen) atoms. The Morgan fingerprint density at radius 3 is 2.69 bits per heavy atom. The number of hydrogen-bond acceptors (Lipinski definition) is 4. The van der Waals surface area contributed by atoms with Crippen molar-refractivity contribution in [1.29, 1.82) is 0 Å². The minimum absolute atomic E-state index is 0.0367. The van der Waals surface area contributed by atoms with E-state index in [4.69, 9.17) is 5.73 Å². The van der Waals surface area contributed by atoms with Gasteiger partial charge in [0.1, 0.15) is 5.82 Å². The van der Waals surface area contributed by atoms with Gasteiger partial charge in [0.25, 0.3) is 0 Å². The summed E-state index contributed by atoms with van der Waals surface area (Å²) in [4.78, 5) is 4.23. The van der Waals surface area contributed by atoms with Crippen LogP contribution in [0.4, 0.5) is 11.5 Å². The summed E-state index contributed by atoms with van der Waals surface area (Å²) >= 11 is 0. The molecule has 1 heterocycles. The van der Waals surface area contributed by atoms with Crippen LogP contribution in [0.15, 0.2) is 12.3 Å². The first-order valence-electron chi connectivity index (χ1n) is 5.62.